The monoisotopic (exact) mass is 333 g/mol. The number of ether oxygens (including phenoxy) is 1. The molecule has 0 aliphatic rings. The Morgan fingerprint density at radius 2 is 1.60 bits per heavy atom. The molecule has 1 atom stereocenters. The maximum absolute atomic E-state index is 6.45. The lowest BCUT2D eigenvalue weighted by Crippen LogP contribution is -2.14. The third-order valence-electron chi connectivity index (χ3n) is 3.45. The fourth-order valence-electron chi connectivity index (χ4n) is 2.46. The zero-order valence-electron chi connectivity index (χ0n) is 12.3. The second-order valence-electron chi connectivity index (χ2n) is 5.24. The predicted molar refractivity (Wildman–Crippen MR) is 87.4 cm³/mol. The molecule has 2 aromatic carbocycles. The van der Waals surface area contributed by atoms with Crippen molar-refractivity contribution in [3.8, 4) is 5.75 Å². The van der Waals surface area contributed by atoms with Crippen LogP contribution >= 0.6 is 15.9 Å². The molecule has 0 saturated heterocycles. The number of aryl methyl sites for hydroxylation is 3. The molecule has 0 aliphatic heterocycles. The summed E-state index contributed by atoms with van der Waals surface area (Å²) >= 11 is 3.57. The van der Waals surface area contributed by atoms with Gasteiger partial charge in [-0.25, -0.2) is 0 Å². The zero-order valence-corrected chi connectivity index (χ0v) is 13.9. The molecule has 2 rings (SSSR count). The van der Waals surface area contributed by atoms with Gasteiger partial charge in [-0.1, -0.05) is 45.3 Å². The Hall–Kier alpha value is -1.32. The molecule has 0 aromatic heterocycles. The van der Waals surface area contributed by atoms with Crippen LogP contribution in [0.3, 0.4) is 0 Å². The first-order valence-corrected chi connectivity index (χ1v) is 7.39. The quantitative estimate of drug-likeness (QED) is 0.901. The molecule has 0 fully saturated rings. The van der Waals surface area contributed by atoms with Crippen LogP contribution in [0.2, 0.25) is 0 Å². The fraction of sp³-hybridized carbons (Fsp3) is 0.294. The molecule has 106 valence electrons. The molecule has 0 heterocycles. The van der Waals surface area contributed by atoms with Gasteiger partial charge in [-0.2, -0.15) is 0 Å². The van der Waals surface area contributed by atoms with Crippen molar-refractivity contribution in [3.63, 3.8) is 0 Å². The Balaban J connectivity index is 2.52. The van der Waals surface area contributed by atoms with Gasteiger partial charge in [0.15, 0.2) is 0 Å². The van der Waals surface area contributed by atoms with Crippen LogP contribution in [0.25, 0.3) is 0 Å². The van der Waals surface area contributed by atoms with Crippen LogP contribution in [0, 0.1) is 20.8 Å². The Morgan fingerprint density at radius 3 is 2.15 bits per heavy atom. The molecule has 0 saturated carbocycles. The van der Waals surface area contributed by atoms with Crippen molar-refractivity contribution >= 4 is 15.9 Å². The first-order chi connectivity index (χ1) is 9.42. The van der Waals surface area contributed by atoms with Gasteiger partial charge in [-0.3, -0.25) is 0 Å². The summed E-state index contributed by atoms with van der Waals surface area (Å²) in [6.07, 6.45) is 0. The first kappa shape index (κ1) is 15.1. The lowest BCUT2D eigenvalue weighted by atomic mass is 9.95. The molecule has 0 bridgehead atoms. The number of benzene rings is 2. The molecule has 2 aromatic rings. The van der Waals surface area contributed by atoms with Crippen LogP contribution in [-0.2, 0) is 0 Å². The topological polar surface area (TPSA) is 35.2 Å². The molecular formula is C17H20BrNO. The fourth-order valence-corrected chi connectivity index (χ4v) is 2.82. The van der Waals surface area contributed by atoms with Crippen molar-refractivity contribution < 1.29 is 4.74 Å². The van der Waals surface area contributed by atoms with Crippen molar-refractivity contribution in [1.29, 1.82) is 0 Å². The molecule has 0 spiro atoms. The van der Waals surface area contributed by atoms with E-state index in [4.69, 9.17) is 10.5 Å². The van der Waals surface area contributed by atoms with Crippen LogP contribution < -0.4 is 10.5 Å². The summed E-state index contributed by atoms with van der Waals surface area (Å²) < 4.78 is 6.53. The highest BCUT2D eigenvalue weighted by Gasteiger charge is 2.16. The summed E-state index contributed by atoms with van der Waals surface area (Å²) in [4.78, 5) is 0. The van der Waals surface area contributed by atoms with Crippen LogP contribution in [0.4, 0.5) is 0 Å². The number of nitrogens with two attached hydrogens (primary N) is 1. The number of methoxy groups -OCH3 is 1. The van der Waals surface area contributed by atoms with Gasteiger partial charge in [-0.05, 0) is 44.0 Å². The minimum absolute atomic E-state index is 0.194. The van der Waals surface area contributed by atoms with Crippen molar-refractivity contribution in [2.75, 3.05) is 7.11 Å². The first-order valence-electron chi connectivity index (χ1n) is 6.60. The van der Waals surface area contributed by atoms with Gasteiger partial charge >= 0.3 is 0 Å². The maximum Gasteiger partial charge on any atom is 0.124 e. The van der Waals surface area contributed by atoms with E-state index < -0.39 is 0 Å². The van der Waals surface area contributed by atoms with Crippen molar-refractivity contribution in [3.05, 3.63) is 62.6 Å². The third kappa shape index (κ3) is 3.05. The van der Waals surface area contributed by atoms with Crippen LogP contribution in [-0.4, -0.2) is 7.11 Å². The second-order valence-corrected chi connectivity index (χ2v) is 6.10. The van der Waals surface area contributed by atoms with Crippen molar-refractivity contribution in [2.24, 2.45) is 5.73 Å². The van der Waals surface area contributed by atoms with Crippen molar-refractivity contribution in [1.82, 2.24) is 0 Å². The minimum atomic E-state index is -0.194. The normalized spacial score (nSPS) is 12.3. The predicted octanol–water partition coefficient (Wildman–Crippen LogP) is 4.43. The maximum atomic E-state index is 6.45. The van der Waals surface area contributed by atoms with Gasteiger partial charge in [0.05, 0.1) is 13.2 Å². The van der Waals surface area contributed by atoms with E-state index in [-0.39, 0.29) is 6.04 Å². The van der Waals surface area contributed by atoms with E-state index in [2.05, 4.69) is 54.0 Å². The van der Waals surface area contributed by atoms with Crippen LogP contribution in [0.1, 0.15) is 33.9 Å². The van der Waals surface area contributed by atoms with E-state index in [1.54, 1.807) is 7.11 Å². The Kier molecular flexibility index (Phi) is 4.51. The summed E-state index contributed by atoms with van der Waals surface area (Å²) in [6, 6.07) is 10.3. The average molecular weight is 334 g/mol. The number of hydrogen-bond donors (Lipinski definition) is 1. The molecular weight excluding hydrogens is 314 g/mol. The average Bonchev–Trinajstić information content (AvgIpc) is 2.39. The number of hydrogen-bond acceptors (Lipinski definition) is 2. The van der Waals surface area contributed by atoms with Gasteiger partial charge in [0.1, 0.15) is 5.75 Å². The third-order valence-corrected chi connectivity index (χ3v) is 4.30. The SMILES string of the molecule is COc1cc(C)c(Br)cc1C(N)c1cc(C)cc(C)c1. The van der Waals surface area contributed by atoms with Crippen LogP contribution in [0.15, 0.2) is 34.8 Å². The Morgan fingerprint density at radius 1 is 1.00 bits per heavy atom. The van der Waals surface area contributed by atoms with E-state index in [0.717, 1.165) is 26.9 Å². The summed E-state index contributed by atoms with van der Waals surface area (Å²) in [7, 11) is 1.68. The molecule has 2 N–H and O–H groups in total. The molecule has 0 amide bonds. The van der Waals surface area contributed by atoms with Crippen LogP contribution in [0.5, 0.6) is 5.75 Å². The van der Waals surface area contributed by atoms with Gasteiger partial charge < -0.3 is 10.5 Å². The molecule has 20 heavy (non-hydrogen) atoms. The smallest absolute Gasteiger partial charge is 0.124 e. The van der Waals surface area contributed by atoms with Gasteiger partial charge in [0, 0.05) is 10.0 Å². The standard InChI is InChI=1S/C17H20BrNO/c1-10-5-11(2)7-13(6-10)17(19)14-9-15(18)12(3)8-16(14)20-4/h5-9,17H,19H2,1-4H3. The highest BCUT2D eigenvalue weighted by Crippen LogP contribution is 2.33. The Bertz CT molecular complexity index is 617. The molecule has 2 nitrogen and oxygen atoms in total. The van der Waals surface area contributed by atoms with E-state index in [1.165, 1.54) is 11.1 Å². The summed E-state index contributed by atoms with van der Waals surface area (Å²) in [5.41, 5.74) is 12.1. The molecule has 0 aliphatic carbocycles. The lowest BCUT2D eigenvalue weighted by Gasteiger charge is -2.18. The van der Waals surface area contributed by atoms with E-state index in [9.17, 15) is 0 Å². The minimum Gasteiger partial charge on any atom is -0.496 e. The van der Waals surface area contributed by atoms with E-state index >= 15 is 0 Å². The summed E-state index contributed by atoms with van der Waals surface area (Å²) in [5, 5.41) is 0. The highest BCUT2D eigenvalue weighted by molar-refractivity contribution is 9.10. The highest BCUT2D eigenvalue weighted by atomic mass is 79.9. The molecule has 3 heteroatoms. The molecule has 1 unspecified atom stereocenters. The number of rotatable bonds is 3. The summed E-state index contributed by atoms with van der Waals surface area (Å²) in [6.45, 7) is 6.22. The zero-order chi connectivity index (χ0) is 14.9. The lowest BCUT2D eigenvalue weighted by molar-refractivity contribution is 0.407. The largest absolute Gasteiger partial charge is 0.496 e. The second kappa shape index (κ2) is 5.98. The van der Waals surface area contributed by atoms with Gasteiger partial charge in [0.2, 0.25) is 0 Å². The number of halogens is 1. The van der Waals surface area contributed by atoms with Crippen molar-refractivity contribution in [2.45, 2.75) is 26.8 Å². The van der Waals surface area contributed by atoms with Gasteiger partial charge in [0.25, 0.3) is 0 Å². The summed E-state index contributed by atoms with van der Waals surface area (Å²) in [5.74, 6) is 0.831. The Labute approximate surface area is 129 Å². The molecule has 0 radical (unpaired) electrons. The van der Waals surface area contributed by atoms with Gasteiger partial charge in [-0.15, -0.1) is 0 Å². The van der Waals surface area contributed by atoms with E-state index in [0.29, 0.717) is 0 Å². The van der Waals surface area contributed by atoms with E-state index in [1.807, 2.05) is 13.0 Å².